The van der Waals surface area contributed by atoms with Crippen LogP contribution in [-0.2, 0) is 9.59 Å². The number of hydrogen-bond acceptors (Lipinski definition) is 4. The van der Waals surface area contributed by atoms with E-state index in [-0.39, 0.29) is 6.42 Å². The Morgan fingerprint density at radius 3 is 1.68 bits per heavy atom. The fraction of sp³-hybridized carbons (Fsp3) is 0.900. The lowest BCUT2D eigenvalue weighted by atomic mass is 9.89. The molecule has 5 heteroatoms. The van der Waals surface area contributed by atoms with Crippen molar-refractivity contribution < 1.29 is 24.9 Å². The molecular weight excluding hydrogens is 320 g/mol. The third-order valence-corrected chi connectivity index (χ3v) is 4.72. The minimum absolute atomic E-state index is 0.271. The van der Waals surface area contributed by atoms with E-state index in [1.165, 1.54) is 19.3 Å². The fourth-order valence-electron chi connectivity index (χ4n) is 3.07. The number of carbonyl (C=O) groups excluding carboxylic acids is 1. The van der Waals surface area contributed by atoms with E-state index in [0.29, 0.717) is 19.3 Å². The first-order valence-corrected chi connectivity index (χ1v) is 10.1. The monoisotopic (exact) mass is 358 g/mol. The number of carboxylic acid groups (broad SMARTS) is 1. The summed E-state index contributed by atoms with van der Waals surface area (Å²) in [6.07, 6.45) is 9.25. The van der Waals surface area contributed by atoms with Crippen LogP contribution in [0.5, 0.6) is 0 Å². The Morgan fingerprint density at radius 2 is 1.16 bits per heavy atom. The quantitative estimate of drug-likeness (QED) is 0.269. The average molecular weight is 359 g/mol. The number of carbonyl (C=O) groups is 2. The highest BCUT2D eigenvalue weighted by atomic mass is 16.4. The number of aliphatic hydroxyl groups excluding tert-OH is 2. The van der Waals surface area contributed by atoms with E-state index in [4.69, 9.17) is 0 Å². The molecule has 3 atom stereocenters. The minimum Gasteiger partial charge on any atom is -0.481 e. The van der Waals surface area contributed by atoms with Gasteiger partial charge in [-0.1, -0.05) is 84.5 Å². The lowest BCUT2D eigenvalue weighted by Crippen LogP contribution is -2.41. The lowest BCUT2D eigenvalue weighted by Gasteiger charge is -2.20. The van der Waals surface area contributed by atoms with E-state index < -0.39 is 29.9 Å². The van der Waals surface area contributed by atoms with Gasteiger partial charge in [0.25, 0.3) is 0 Å². The molecule has 0 aromatic carbocycles. The maximum Gasteiger partial charge on any atom is 0.316 e. The summed E-state index contributed by atoms with van der Waals surface area (Å²) in [6.45, 7) is 4.24. The first kappa shape index (κ1) is 24.1. The molecule has 0 aliphatic rings. The van der Waals surface area contributed by atoms with Crippen LogP contribution in [0.15, 0.2) is 0 Å². The van der Waals surface area contributed by atoms with Gasteiger partial charge in [-0.3, -0.25) is 9.59 Å². The molecule has 0 saturated carbocycles. The van der Waals surface area contributed by atoms with Crippen LogP contribution in [0.3, 0.4) is 0 Å². The van der Waals surface area contributed by atoms with Gasteiger partial charge in [-0.25, -0.2) is 0 Å². The molecule has 3 N–H and O–H groups in total. The number of carboxylic acids is 1. The zero-order valence-electron chi connectivity index (χ0n) is 16.1. The highest BCUT2D eigenvalue weighted by Crippen LogP contribution is 2.18. The second-order valence-electron chi connectivity index (χ2n) is 7.06. The zero-order chi connectivity index (χ0) is 19.1. The molecule has 3 unspecified atom stereocenters. The summed E-state index contributed by atoms with van der Waals surface area (Å²) in [5.41, 5.74) is 0. The molecule has 5 nitrogen and oxygen atoms in total. The van der Waals surface area contributed by atoms with Gasteiger partial charge in [-0.05, 0) is 12.8 Å². The zero-order valence-corrected chi connectivity index (χ0v) is 16.1. The SMILES string of the molecule is CCCCCCCCCC(O)C(C(=O)O)C(=O)C(O)CCCCCC. The molecule has 0 spiro atoms. The first-order chi connectivity index (χ1) is 12.0. The molecule has 0 aliphatic heterocycles. The molecule has 0 rings (SSSR count). The molecule has 0 bridgehead atoms. The van der Waals surface area contributed by atoms with Crippen LogP contribution in [0.2, 0.25) is 0 Å². The maximum atomic E-state index is 12.2. The molecule has 0 heterocycles. The molecule has 0 saturated heterocycles. The number of unbranched alkanes of at least 4 members (excludes halogenated alkanes) is 9. The minimum atomic E-state index is -1.51. The van der Waals surface area contributed by atoms with Gasteiger partial charge in [0.15, 0.2) is 5.78 Å². The van der Waals surface area contributed by atoms with E-state index in [1.807, 2.05) is 0 Å². The first-order valence-electron chi connectivity index (χ1n) is 10.1. The molecular formula is C20H38O5. The summed E-state index contributed by atoms with van der Waals surface area (Å²) in [5.74, 6) is -3.60. The van der Waals surface area contributed by atoms with Gasteiger partial charge >= 0.3 is 5.97 Å². The van der Waals surface area contributed by atoms with Crippen molar-refractivity contribution >= 4 is 11.8 Å². The predicted octanol–water partition coefficient (Wildman–Crippen LogP) is 4.09. The van der Waals surface area contributed by atoms with Crippen LogP contribution < -0.4 is 0 Å². The molecule has 0 aromatic heterocycles. The van der Waals surface area contributed by atoms with Gasteiger partial charge in [0, 0.05) is 0 Å². The number of aliphatic carboxylic acids is 1. The van der Waals surface area contributed by atoms with Crippen molar-refractivity contribution in [3.05, 3.63) is 0 Å². The third-order valence-electron chi connectivity index (χ3n) is 4.72. The van der Waals surface area contributed by atoms with Crippen LogP contribution in [0.4, 0.5) is 0 Å². The van der Waals surface area contributed by atoms with Gasteiger partial charge in [0.05, 0.1) is 6.10 Å². The Labute approximate surface area is 152 Å². The van der Waals surface area contributed by atoms with Crippen molar-refractivity contribution in [1.82, 2.24) is 0 Å². The summed E-state index contributed by atoms with van der Waals surface area (Å²) in [4.78, 5) is 23.6. The second-order valence-corrected chi connectivity index (χ2v) is 7.06. The largest absolute Gasteiger partial charge is 0.481 e. The summed E-state index contributed by atoms with van der Waals surface area (Å²) in [7, 11) is 0. The average Bonchev–Trinajstić information content (AvgIpc) is 2.57. The number of Topliss-reactive ketones (excluding diaryl/α,β-unsaturated/α-hetero) is 1. The van der Waals surface area contributed by atoms with Crippen LogP contribution in [0.1, 0.15) is 97.3 Å². The Morgan fingerprint density at radius 1 is 0.720 bits per heavy atom. The van der Waals surface area contributed by atoms with Crippen LogP contribution in [-0.4, -0.2) is 39.3 Å². The Balaban J connectivity index is 4.23. The van der Waals surface area contributed by atoms with E-state index in [2.05, 4.69) is 13.8 Å². The summed E-state index contributed by atoms with van der Waals surface area (Å²) >= 11 is 0. The number of ketones is 1. The molecule has 0 amide bonds. The lowest BCUT2D eigenvalue weighted by molar-refractivity contribution is -0.154. The molecule has 0 fully saturated rings. The van der Waals surface area contributed by atoms with E-state index >= 15 is 0 Å². The van der Waals surface area contributed by atoms with Gasteiger partial charge in [0.1, 0.15) is 12.0 Å². The van der Waals surface area contributed by atoms with E-state index in [9.17, 15) is 24.9 Å². The van der Waals surface area contributed by atoms with Crippen molar-refractivity contribution in [2.24, 2.45) is 5.92 Å². The van der Waals surface area contributed by atoms with Crippen molar-refractivity contribution in [2.75, 3.05) is 0 Å². The maximum absolute atomic E-state index is 12.2. The van der Waals surface area contributed by atoms with Crippen molar-refractivity contribution in [1.29, 1.82) is 0 Å². The Hall–Kier alpha value is -0.940. The van der Waals surface area contributed by atoms with Crippen molar-refractivity contribution in [2.45, 2.75) is 110 Å². The highest BCUT2D eigenvalue weighted by molar-refractivity contribution is 6.01. The number of aliphatic hydroxyl groups is 2. The summed E-state index contributed by atoms with van der Waals surface area (Å²) < 4.78 is 0. The molecule has 0 aromatic rings. The summed E-state index contributed by atoms with van der Waals surface area (Å²) in [6, 6.07) is 0. The molecule has 0 aliphatic carbocycles. The molecule has 25 heavy (non-hydrogen) atoms. The molecule has 148 valence electrons. The number of hydrogen-bond donors (Lipinski definition) is 3. The van der Waals surface area contributed by atoms with E-state index in [0.717, 1.165) is 38.5 Å². The standard InChI is InChI=1S/C20H38O5/c1-3-5-7-9-10-11-13-14-16(21)18(20(24)25)19(23)17(22)15-12-8-6-4-2/h16-18,21-22H,3-15H2,1-2H3,(H,24,25). The second kappa shape index (κ2) is 15.3. The molecule has 0 radical (unpaired) electrons. The predicted molar refractivity (Wildman–Crippen MR) is 99.5 cm³/mol. The normalized spacial score (nSPS) is 14.9. The third kappa shape index (κ3) is 11.3. The van der Waals surface area contributed by atoms with Gasteiger partial charge in [-0.15, -0.1) is 0 Å². The van der Waals surface area contributed by atoms with Crippen molar-refractivity contribution in [3.8, 4) is 0 Å². The topological polar surface area (TPSA) is 94.8 Å². The van der Waals surface area contributed by atoms with Crippen LogP contribution in [0.25, 0.3) is 0 Å². The smallest absolute Gasteiger partial charge is 0.316 e. The Bertz CT molecular complexity index is 356. The van der Waals surface area contributed by atoms with Crippen LogP contribution >= 0.6 is 0 Å². The Kier molecular flexibility index (Phi) is 14.7. The number of rotatable bonds is 17. The van der Waals surface area contributed by atoms with Gasteiger partial charge in [0.2, 0.25) is 0 Å². The van der Waals surface area contributed by atoms with E-state index in [1.54, 1.807) is 0 Å². The fourth-order valence-corrected chi connectivity index (χ4v) is 3.07. The highest BCUT2D eigenvalue weighted by Gasteiger charge is 2.36. The van der Waals surface area contributed by atoms with Gasteiger partial charge < -0.3 is 15.3 Å². The van der Waals surface area contributed by atoms with Crippen LogP contribution in [0, 0.1) is 5.92 Å². The summed E-state index contributed by atoms with van der Waals surface area (Å²) in [5, 5.41) is 29.4. The van der Waals surface area contributed by atoms with Crippen molar-refractivity contribution in [3.63, 3.8) is 0 Å². The van der Waals surface area contributed by atoms with Gasteiger partial charge in [-0.2, -0.15) is 0 Å².